The largest absolute Gasteiger partial charge is 0.271 e. The summed E-state index contributed by atoms with van der Waals surface area (Å²) in [6.45, 7) is 4.61. The molecule has 1 aliphatic carbocycles. The SMILES string of the molecule is CC(C)c1cn(CC2CC(F)(F)C2)nc1Cl. The number of rotatable bonds is 3. The van der Waals surface area contributed by atoms with Gasteiger partial charge in [-0.1, -0.05) is 25.4 Å². The molecule has 0 aromatic carbocycles. The van der Waals surface area contributed by atoms with Crippen molar-refractivity contribution in [3.05, 3.63) is 16.9 Å². The molecule has 90 valence electrons. The Bertz CT molecular complexity index is 379. The fourth-order valence-corrected chi connectivity index (χ4v) is 2.44. The van der Waals surface area contributed by atoms with Crippen molar-refractivity contribution in [1.29, 1.82) is 0 Å². The monoisotopic (exact) mass is 248 g/mol. The zero-order valence-corrected chi connectivity index (χ0v) is 10.1. The van der Waals surface area contributed by atoms with E-state index in [2.05, 4.69) is 5.10 Å². The first-order valence-electron chi connectivity index (χ1n) is 5.48. The number of hydrogen-bond donors (Lipinski definition) is 0. The van der Waals surface area contributed by atoms with Crippen LogP contribution in [0.15, 0.2) is 6.20 Å². The fourth-order valence-electron chi connectivity index (χ4n) is 2.07. The Morgan fingerprint density at radius 1 is 1.56 bits per heavy atom. The number of aromatic nitrogens is 2. The van der Waals surface area contributed by atoms with E-state index in [1.807, 2.05) is 20.0 Å². The van der Waals surface area contributed by atoms with Crippen LogP contribution in [-0.2, 0) is 6.54 Å². The van der Waals surface area contributed by atoms with E-state index in [1.54, 1.807) is 4.68 Å². The number of halogens is 3. The molecule has 0 aliphatic heterocycles. The molecule has 1 fully saturated rings. The van der Waals surface area contributed by atoms with Gasteiger partial charge in [-0.3, -0.25) is 4.68 Å². The first kappa shape index (κ1) is 11.8. The summed E-state index contributed by atoms with van der Waals surface area (Å²) in [5.41, 5.74) is 0.979. The quantitative estimate of drug-likeness (QED) is 0.798. The van der Waals surface area contributed by atoms with Gasteiger partial charge in [-0.15, -0.1) is 0 Å². The maximum atomic E-state index is 12.6. The summed E-state index contributed by atoms with van der Waals surface area (Å²) in [6.07, 6.45) is 1.81. The molecule has 0 unspecified atom stereocenters. The molecule has 1 saturated carbocycles. The van der Waals surface area contributed by atoms with Gasteiger partial charge in [-0.25, -0.2) is 8.78 Å². The Morgan fingerprint density at radius 3 is 2.62 bits per heavy atom. The number of hydrogen-bond acceptors (Lipinski definition) is 1. The van der Waals surface area contributed by atoms with Gasteiger partial charge in [0.1, 0.15) is 0 Å². The van der Waals surface area contributed by atoms with Crippen molar-refractivity contribution < 1.29 is 8.78 Å². The van der Waals surface area contributed by atoms with Crippen molar-refractivity contribution in [1.82, 2.24) is 9.78 Å². The van der Waals surface area contributed by atoms with Crippen LogP contribution in [0.3, 0.4) is 0 Å². The van der Waals surface area contributed by atoms with E-state index in [0.717, 1.165) is 5.56 Å². The minimum Gasteiger partial charge on any atom is -0.271 e. The van der Waals surface area contributed by atoms with Crippen LogP contribution in [0.25, 0.3) is 0 Å². The number of nitrogens with zero attached hydrogens (tertiary/aromatic N) is 2. The first-order chi connectivity index (χ1) is 7.37. The Kier molecular flexibility index (Phi) is 2.95. The molecule has 1 aromatic rings. The summed E-state index contributed by atoms with van der Waals surface area (Å²) in [5, 5.41) is 4.63. The highest BCUT2D eigenvalue weighted by Gasteiger charge is 2.45. The second kappa shape index (κ2) is 3.99. The molecule has 0 N–H and O–H groups in total. The third-order valence-electron chi connectivity index (χ3n) is 2.98. The predicted octanol–water partition coefficient (Wildman–Crippen LogP) is 3.71. The smallest absolute Gasteiger partial charge is 0.248 e. The highest BCUT2D eigenvalue weighted by atomic mass is 35.5. The maximum Gasteiger partial charge on any atom is 0.248 e. The Labute approximate surface area is 98.6 Å². The van der Waals surface area contributed by atoms with E-state index < -0.39 is 5.92 Å². The standard InChI is InChI=1S/C11H15ClF2N2/c1-7(2)9-6-16(15-10(9)12)5-8-3-11(13,14)4-8/h6-8H,3-5H2,1-2H3. The van der Waals surface area contributed by atoms with Crippen LogP contribution in [0.5, 0.6) is 0 Å². The van der Waals surface area contributed by atoms with E-state index in [-0.39, 0.29) is 18.8 Å². The van der Waals surface area contributed by atoms with Gasteiger partial charge >= 0.3 is 0 Å². The highest BCUT2D eigenvalue weighted by molar-refractivity contribution is 6.30. The zero-order chi connectivity index (χ0) is 11.9. The molecule has 0 amide bonds. The molecule has 1 heterocycles. The van der Waals surface area contributed by atoms with Gasteiger partial charge in [0.25, 0.3) is 0 Å². The molecule has 2 rings (SSSR count). The average Bonchev–Trinajstić information content (AvgIpc) is 2.43. The molecule has 0 bridgehead atoms. The fraction of sp³-hybridized carbons (Fsp3) is 0.727. The minimum atomic E-state index is -2.46. The molecule has 1 aliphatic rings. The first-order valence-corrected chi connectivity index (χ1v) is 5.86. The van der Waals surface area contributed by atoms with Crippen LogP contribution < -0.4 is 0 Å². The molecule has 0 spiro atoms. The van der Waals surface area contributed by atoms with Crippen LogP contribution in [0.4, 0.5) is 8.78 Å². The van der Waals surface area contributed by atoms with E-state index >= 15 is 0 Å². The van der Waals surface area contributed by atoms with Gasteiger partial charge in [-0.2, -0.15) is 5.10 Å². The summed E-state index contributed by atoms with van der Waals surface area (Å²) in [6, 6.07) is 0. The van der Waals surface area contributed by atoms with E-state index in [0.29, 0.717) is 17.6 Å². The molecule has 16 heavy (non-hydrogen) atoms. The van der Waals surface area contributed by atoms with E-state index in [9.17, 15) is 8.78 Å². The van der Waals surface area contributed by atoms with Crippen LogP contribution >= 0.6 is 11.6 Å². The lowest BCUT2D eigenvalue weighted by Gasteiger charge is -2.34. The van der Waals surface area contributed by atoms with Crippen LogP contribution in [0.1, 0.15) is 38.2 Å². The molecule has 1 aromatic heterocycles. The van der Waals surface area contributed by atoms with Crippen LogP contribution in [-0.4, -0.2) is 15.7 Å². The Hall–Kier alpha value is -0.640. The minimum absolute atomic E-state index is 0.0263. The number of alkyl halides is 2. The van der Waals surface area contributed by atoms with Crippen molar-refractivity contribution in [2.24, 2.45) is 5.92 Å². The van der Waals surface area contributed by atoms with Crippen molar-refractivity contribution in [3.63, 3.8) is 0 Å². The summed E-state index contributed by atoms with van der Waals surface area (Å²) >= 11 is 5.96. The van der Waals surface area contributed by atoms with Gasteiger partial charge < -0.3 is 0 Å². The van der Waals surface area contributed by atoms with Crippen molar-refractivity contribution in [2.45, 2.75) is 45.1 Å². The predicted molar refractivity (Wildman–Crippen MR) is 59.0 cm³/mol. The van der Waals surface area contributed by atoms with Crippen molar-refractivity contribution in [3.8, 4) is 0 Å². The van der Waals surface area contributed by atoms with Gasteiger partial charge in [0.15, 0.2) is 5.15 Å². The third-order valence-corrected chi connectivity index (χ3v) is 3.28. The van der Waals surface area contributed by atoms with E-state index in [4.69, 9.17) is 11.6 Å². The second-order valence-corrected chi connectivity index (χ2v) is 5.24. The molecule has 2 nitrogen and oxygen atoms in total. The van der Waals surface area contributed by atoms with Crippen molar-refractivity contribution >= 4 is 11.6 Å². The maximum absolute atomic E-state index is 12.6. The average molecular weight is 249 g/mol. The topological polar surface area (TPSA) is 17.8 Å². The van der Waals surface area contributed by atoms with Crippen LogP contribution in [0, 0.1) is 5.92 Å². The van der Waals surface area contributed by atoms with Gasteiger partial charge in [0.2, 0.25) is 5.92 Å². The Morgan fingerprint density at radius 2 is 2.19 bits per heavy atom. The zero-order valence-electron chi connectivity index (χ0n) is 9.38. The van der Waals surface area contributed by atoms with E-state index in [1.165, 1.54) is 0 Å². The lowest BCUT2D eigenvalue weighted by Crippen LogP contribution is -2.37. The van der Waals surface area contributed by atoms with Gasteiger partial charge in [0.05, 0.1) is 0 Å². The van der Waals surface area contributed by atoms with Crippen molar-refractivity contribution in [2.75, 3.05) is 0 Å². The summed E-state index contributed by atoms with van der Waals surface area (Å²) in [4.78, 5) is 0. The lowest BCUT2D eigenvalue weighted by atomic mass is 9.81. The molecule has 5 heteroatoms. The summed E-state index contributed by atoms with van der Waals surface area (Å²) < 4.78 is 27.0. The normalized spacial score (nSPS) is 20.1. The highest BCUT2D eigenvalue weighted by Crippen LogP contribution is 2.43. The second-order valence-electron chi connectivity index (χ2n) is 4.88. The third kappa shape index (κ3) is 2.37. The molecular formula is C11H15ClF2N2. The Balaban J connectivity index is 1.98. The summed E-state index contributed by atoms with van der Waals surface area (Å²) in [7, 11) is 0. The molecule has 0 radical (unpaired) electrons. The van der Waals surface area contributed by atoms with Gasteiger partial charge in [0, 0.05) is 31.1 Å². The molecule has 0 atom stereocenters. The molecule has 0 saturated heterocycles. The van der Waals surface area contributed by atoms with Crippen LogP contribution in [0.2, 0.25) is 5.15 Å². The summed E-state index contributed by atoms with van der Waals surface area (Å²) in [5.74, 6) is -2.11. The lowest BCUT2D eigenvalue weighted by molar-refractivity contribution is -0.114. The van der Waals surface area contributed by atoms with Gasteiger partial charge in [-0.05, 0) is 11.8 Å². The molecular weight excluding hydrogens is 234 g/mol.